The molecule has 0 spiro atoms. The van der Waals surface area contributed by atoms with E-state index in [2.05, 4.69) is 29.3 Å². The van der Waals surface area contributed by atoms with Crippen LogP contribution in [-0.2, 0) is 6.42 Å². The molecule has 3 rings (SSSR count). The first-order chi connectivity index (χ1) is 10.2. The van der Waals surface area contributed by atoms with Crippen LogP contribution in [0.5, 0.6) is 0 Å². The summed E-state index contributed by atoms with van der Waals surface area (Å²) in [5.74, 6) is 0.855. The van der Waals surface area contributed by atoms with E-state index in [-0.39, 0.29) is 0 Å². The summed E-state index contributed by atoms with van der Waals surface area (Å²) in [6.07, 6.45) is 6.63. The Hall–Kier alpha value is -0.570. The highest BCUT2D eigenvalue weighted by Gasteiger charge is 2.30. The number of likely N-dealkylation sites (tertiary alicyclic amines) is 1. The molecule has 3 unspecified atom stereocenters. The molecule has 116 valence electrons. The van der Waals surface area contributed by atoms with Crippen LogP contribution < -0.4 is 5.32 Å². The van der Waals surface area contributed by atoms with Crippen molar-refractivity contribution in [2.45, 2.75) is 51.1 Å². The highest BCUT2D eigenvalue weighted by atomic mass is 35.5. The zero-order valence-electron chi connectivity index (χ0n) is 13.0. The van der Waals surface area contributed by atoms with E-state index in [0.717, 1.165) is 23.4 Å². The van der Waals surface area contributed by atoms with Crippen LogP contribution in [0.4, 0.5) is 0 Å². The van der Waals surface area contributed by atoms with E-state index in [9.17, 15) is 0 Å². The Kier molecular flexibility index (Phi) is 5.20. The summed E-state index contributed by atoms with van der Waals surface area (Å²) in [7, 11) is 0. The van der Waals surface area contributed by atoms with E-state index in [4.69, 9.17) is 11.6 Å². The second kappa shape index (κ2) is 7.13. The minimum absolute atomic E-state index is 0.621. The summed E-state index contributed by atoms with van der Waals surface area (Å²) in [6, 6.07) is 9.74. The Labute approximate surface area is 133 Å². The first-order valence-electron chi connectivity index (χ1n) is 8.44. The molecule has 0 saturated carbocycles. The van der Waals surface area contributed by atoms with Crippen molar-refractivity contribution in [3.05, 3.63) is 34.9 Å². The van der Waals surface area contributed by atoms with Crippen LogP contribution in [0.2, 0.25) is 5.02 Å². The van der Waals surface area contributed by atoms with Gasteiger partial charge in [-0.2, -0.15) is 0 Å². The van der Waals surface area contributed by atoms with Crippen molar-refractivity contribution in [2.75, 3.05) is 19.6 Å². The number of hydrogen-bond donors (Lipinski definition) is 1. The van der Waals surface area contributed by atoms with Crippen LogP contribution in [0, 0.1) is 5.92 Å². The predicted octanol–water partition coefficient (Wildman–Crippen LogP) is 3.74. The molecule has 2 heterocycles. The number of piperidine rings is 1. The average molecular weight is 307 g/mol. The van der Waals surface area contributed by atoms with Gasteiger partial charge in [0.15, 0.2) is 0 Å². The highest BCUT2D eigenvalue weighted by molar-refractivity contribution is 6.30. The van der Waals surface area contributed by atoms with Gasteiger partial charge < -0.3 is 5.32 Å². The smallest absolute Gasteiger partial charge is 0.0406 e. The van der Waals surface area contributed by atoms with Crippen LogP contribution in [-0.4, -0.2) is 36.6 Å². The molecule has 2 nitrogen and oxygen atoms in total. The van der Waals surface area contributed by atoms with Crippen molar-refractivity contribution in [1.82, 2.24) is 10.2 Å². The summed E-state index contributed by atoms with van der Waals surface area (Å²) < 4.78 is 0. The molecule has 2 aliphatic heterocycles. The molecule has 0 aliphatic carbocycles. The summed E-state index contributed by atoms with van der Waals surface area (Å²) in [5.41, 5.74) is 1.40. The molecule has 3 atom stereocenters. The first-order valence-corrected chi connectivity index (χ1v) is 8.82. The van der Waals surface area contributed by atoms with Crippen LogP contribution in [0.1, 0.15) is 38.2 Å². The van der Waals surface area contributed by atoms with E-state index < -0.39 is 0 Å². The standard InChI is InChI=1S/C18H27ClN2/c1-14(12-15-6-8-17(19)9-7-15)21-11-3-4-16(13-21)18-5-2-10-20-18/h6-9,14,16,18,20H,2-5,10-13H2,1H3. The van der Waals surface area contributed by atoms with Crippen molar-refractivity contribution >= 4 is 11.6 Å². The maximum atomic E-state index is 5.97. The quantitative estimate of drug-likeness (QED) is 0.912. The van der Waals surface area contributed by atoms with Gasteiger partial charge in [-0.05, 0) is 75.7 Å². The molecule has 1 aromatic carbocycles. The third-order valence-corrected chi connectivity index (χ3v) is 5.48. The highest BCUT2D eigenvalue weighted by Crippen LogP contribution is 2.26. The minimum Gasteiger partial charge on any atom is -0.314 e. The molecule has 1 aromatic rings. The van der Waals surface area contributed by atoms with Crippen molar-refractivity contribution in [3.63, 3.8) is 0 Å². The molecule has 0 amide bonds. The Balaban J connectivity index is 1.56. The lowest BCUT2D eigenvalue weighted by Crippen LogP contribution is -2.47. The molecule has 3 heteroatoms. The second-order valence-electron chi connectivity index (χ2n) is 6.78. The van der Waals surface area contributed by atoms with Crippen LogP contribution in [0.25, 0.3) is 0 Å². The summed E-state index contributed by atoms with van der Waals surface area (Å²) >= 11 is 5.97. The lowest BCUT2D eigenvalue weighted by molar-refractivity contribution is 0.114. The molecule has 1 N–H and O–H groups in total. The Morgan fingerprint density at radius 1 is 1.24 bits per heavy atom. The summed E-state index contributed by atoms with van der Waals surface area (Å²) in [5, 5.41) is 4.53. The molecule has 2 saturated heterocycles. The lowest BCUT2D eigenvalue weighted by atomic mass is 9.88. The van der Waals surface area contributed by atoms with Gasteiger partial charge in [-0.3, -0.25) is 4.90 Å². The second-order valence-corrected chi connectivity index (χ2v) is 7.22. The number of nitrogens with zero attached hydrogens (tertiary/aromatic N) is 1. The van der Waals surface area contributed by atoms with E-state index in [0.29, 0.717) is 6.04 Å². The lowest BCUT2D eigenvalue weighted by Gasteiger charge is -2.39. The van der Waals surface area contributed by atoms with E-state index >= 15 is 0 Å². The van der Waals surface area contributed by atoms with Crippen molar-refractivity contribution < 1.29 is 0 Å². The molecular weight excluding hydrogens is 280 g/mol. The molecule has 0 bridgehead atoms. The summed E-state index contributed by atoms with van der Waals surface area (Å²) in [4.78, 5) is 2.70. The third kappa shape index (κ3) is 4.00. The number of halogens is 1. The van der Waals surface area contributed by atoms with Gasteiger partial charge in [-0.25, -0.2) is 0 Å². The van der Waals surface area contributed by atoms with Crippen molar-refractivity contribution in [1.29, 1.82) is 0 Å². The Morgan fingerprint density at radius 3 is 2.76 bits per heavy atom. The largest absolute Gasteiger partial charge is 0.314 e. The van der Waals surface area contributed by atoms with Gasteiger partial charge in [0.25, 0.3) is 0 Å². The van der Waals surface area contributed by atoms with Gasteiger partial charge in [0.05, 0.1) is 0 Å². The zero-order chi connectivity index (χ0) is 14.7. The van der Waals surface area contributed by atoms with Crippen LogP contribution in [0.15, 0.2) is 24.3 Å². The van der Waals surface area contributed by atoms with Crippen molar-refractivity contribution in [3.8, 4) is 0 Å². The van der Waals surface area contributed by atoms with E-state index in [1.807, 2.05) is 12.1 Å². The molecule has 2 aliphatic rings. The van der Waals surface area contributed by atoms with Crippen LogP contribution in [0.3, 0.4) is 0 Å². The van der Waals surface area contributed by atoms with Gasteiger partial charge in [0, 0.05) is 23.7 Å². The topological polar surface area (TPSA) is 15.3 Å². The molecule has 0 aromatic heterocycles. The fourth-order valence-electron chi connectivity index (χ4n) is 3.97. The average Bonchev–Trinajstić information content (AvgIpc) is 3.04. The molecular formula is C18H27ClN2. The van der Waals surface area contributed by atoms with Gasteiger partial charge in [0.1, 0.15) is 0 Å². The Morgan fingerprint density at radius 2 is 2.05 bits per heavy atom. The van der Waals surface area contributed by atoms with Crippen LogP contribution >= 0.6 is 11.6 Å². The maximum absolute atomic E-state index is 5.97. The monoisotopic (exact) mass is 306 g/mol. The first kappa shape index (κ1) is 15.3. The third-order valence-electron chi connectivity index (χ3n) is 5.22. The zero-order valence-corrected chi connectivity index (χ0v) is 13.8. The van der Waals surface area contributed by atoms with Gasteiger partial charge in [0.2, 0.25) is 0 Å². The SMILES string of the molecule is CC(Cc1ccc(Cl)cc1)N1CCCC(C2CCCN2)C1. The normalized spacial score (nSPS) is 28.7. The number of benzene rings is 1. The fraction of sp³-hybridized carbons (Fsp3) is 0.667. The maximum Gasteiger partial charge on any atom is 0.0406 e. The molecule has 0 radical (unpaired) electrons. The fourth-order valence-corrected chi connectivity index (χ4v) is 4.10. The van der Waals surface area contributed by atoms with Crippen molar-refractivity contribution in [2.24, 2.45) is 5.92 Å². The molecule has 2 fully saturated rings. The molecule has 21 heavy (non-hydrogen) atoms. The van der Waals surface area contributed by atoms with Gasteiger partial charge >= 0.3 is 0 Å². The van der Waals surface area contributed by atoms with Gasteiger partial charge in [-0.15, -0.1) is 0 Å². The number of rotatable bonds is 4. The van der Waals surface area contributed by atoms with Gasteiger partial charge in [-0.1, -0.05) is 23.7 Å². The Bertz CT molecular complexity index is 439. The van der Waals surface area contributed by atoms with E-state index in [1.165, 1.54) is 50.9 Å². The number of hydrogen-bond acceptors (Lipinski definition) is 2. The minimum atomic E-state index is 0.621. The summed E-state index contributed by atoms with van der Waals surface area (Å²) in [6.45, 7) is 6.13. The number of nitrogens with one attached hydrogen (secondary N) is 1. The predicted molar refractivity (Wildman–Crippen MR) is 89.9 cm³/mol. The van der Waals surface area contributed by atoms with E-state index in [1.54, 1.807) is 0 Å².